The van der Waals surface area contributed by atoms with Gasteiger partial charge in [-0.25, -0.2) is 4.68 Å². The zero-order valence-electron chi connectivity index (χ0n) is 19.5. The first kappa shape index (κ1) is 23.5. The smallest absolute Gasteiger partial charge is 0.291 e. The van der Waals surface area contributed by atoms with E-state index < -0.39 is 0 Å². The van der Waals surface area contributed by atoms with Gasteiger partial charge in [0.05, 0.1) is 19.4 Å². The number of fused-ring (bicyclic) bond motifs is 3. The van der Waals surface area contributed by atoms with E-state index >= 15 is 0 Å². The van der Waals surface area contributed by atoms with E-state index in [4.69, 9.17) is 16.3 Å². The summed E-state index contributed by atoms with van der Waals surface area (Å²) in [5.74, 6) is -0.221. The minimum Gasteiger partial charge on any atom is -0.379 e. The van der Waals surface area contributed by atoms with Crippen molar-refractivity contribution >= 4 is 39.3 Å². The normalized spacial score (nSPS) is 14.5. The van der Waals surface area contributed by atoms with Gasteiger partial charge < -0.3 is 14.6 Å². The average Bonchev–Trinajstić information content (AvgIpc) is 3.20. The van der Waals surface area contributed by atoms with Gasteiger partial charge in [-0.2, -0.15) is 5.10 Å². The summed E-state index contributed by atoms with van der Waals surface area (Å²) in [5, 5.41) is 9.64. The van der Waals surface area contributed by atoms with Crippen molar-refractivity contribution in [1.82, 2.24) is 24.6 Å². The Kier molecular flexibility index (Phi) is 7.13. The van der Waals surface area contributed by atoms with Crippen LogP contribution in [0.3, 0.4) is 0 Å². The molecule has 0 saturated carbocycles. The minimum atomic E-state index is -0.281. The molecule has 1 amide bonds. The lowest BCUT2D eigenvalue weighted by atomic mass is 10.2. The Bertz CT molecular complexity index is 1390. The molecule has 1 aliphatic heterocycles. The zero-order valence-corrected chi connectivity index (χ0v) is 20.2. The van der Waals surface area contributed by atoms with Crippen LogP contribution in [0.5, 0.6) is 0 Å². The van der Waals surface area contributed by atoms with Gasteiger partial charge in [0.25, 0.3) is 5.56 Å². The summed E-state index contributed by atoms with van der Waals surface area (Å²) in [6.45, 7) is 5.25. The number of amides is 1. The fraction of sp³-hybridized carbons (Fsp3) is 0.346. The zero-order chi connectivity index (χ0) is 24.2. The van der Waals surface area contributed by atoms with E-state index in [9.17, 15) is 9.59 Å². The minimum absolute atomic E-state index is 0.116. The highest BCUT2D eigenvalue weighted by molar-refractivity contribution is 6.30. The van der Waals surface area contributed by atoms with Gasteiger partial charge in [-0.05, 0) is 36.7 Å². The Morgan fingerprint density at radius 1 is 1.06 bits per heavy atom. The number of rotatable bonds is 8. The molecule has 0 unspecified atom stereocenters. The number of carbonyl (C=O) groups is 1. The maximum Gasteiger partial charge on any atom is 0.291 e. The molecule has 3 heterocycles. The number of morpholine rings is 1. The van der Waals surface area contributed by atoms with Crippen LogP contribution in [0, 0.1) is 0 Å². The highest BCUT2D eigenvalue weighted by Gasteiger charge is 2.17. The predicted octanol–water partition coefficient (Wildman–Crippen LogP) is 2.89. The molecule has 4 aromatic rings. The summed E-state index contributed by atoms with van der Waals surface area (Å²) in [6.07, 6.45) is 2.53. The molecule has 1 N–H and O–H groups in total. The van der Waals surface area contributed by atoms with Crippen LogP contribution < -0.4 is 10.9 Å². The topological polar surface area (TPSA) is 81.4 Å². The molecular formula is C26H28ClN5O3. The molecule has 0 atom stereocenters. The van der Waals surface area contributed by atoms with Gasteiger partial charge in [0.2, 0.25) is 5.91 Å². The standard InChI is InChI=1S/C26H28ClN5O3/c27-20-8-6-19(7-9-20)17-31-23-5-2-1-4-21(23)22-16-29-32(26(34)25(22)31)18-24(33)28-10-3-11-30-12-14-35-15-13-30/h1-2,4-9,16H,3,10-15,17-18H2,(H,28,33). The van der Waals surface area contributed by atoms with Crippen LogP contribution >= 0.6 is 11.6 Å². The number of benzene rings is 2. The maximum atomic E-state index is 13.5. The first-order chi connectivity index (χ1) is 17.1. The van der Waals surface area contributed by atoms with Crippen molar-refractivity contribution in [3.63, 3.8) is 0 Å². The first-order valence-electron chi connectivity index (χ1n) is 11.9. The highest BCUT2D eigenvalue weighted by Crippen LogP contribution is 2.27. The second kappa shape index (κ2) is 10.6. The third-order valence-corrected chi connectivity index (χ3v) is 6.65. The largest absolute Gasteiger partial charge is 0.379 e. The molecule has 182 valence electrons. The molecule has 1 fully saturated rings. The Morgan fingerprint density at radius 2 is 1.83 bits per heavy atom. The molecular weight excluding hydrogens is 466 g/mol. The monoisotopic (exact) mass is 493 g/mol. The van der Waals surface area contributed by atoms with E-state index in [1.54, 1.807) is 6.20 Å². The first-order valence-corrected chi connectivity index (χ1v) is 12.3. The number of aromatic nitrogens is 3. The summed E-state index contributed by atoms with van der Waals surface area (Å²) >= 11 is 6.05. The summed E-state index contributed by atoms with van der Waals surface area (Å²) in [7, 11) is 0. The Morgan fingerprint density at radius 3 is 2.63 bits per heavy atom. The predicted molar refractivity (Wildman–Crippen MR) is 137 cm³/mol. The molecule has 35 heavy (non-hydrogen) atoms. The van der Waals surface area contributed by atoms with Gasteiger partial charge >= 0.3 is 0 Å². The molecule has 5 rings (SSSR count). The van der Waals surface area contributed by atoms with E-state index in [0.717, 1.165) is 61.1 Å². The van der Waals surface area contributed by atoms with Crippen LogP contribution in [-0.2, 0) is 22.6 Å². The summed E-state index contributed by atoms with van der Waals surface area (Å²) < 4.78 is 8.60. The third kappa shape index (κ3) is 5.24. The molecule has 0 spiro atoms. The second-order valence-corrected chi connectivity index (χ2v) is 9.19. The van der Waals surface area contributed by atoms with Crippen LogP contribution in [0.1, 0.15) is 12.0 Å². The van der Waals surface area contributed by atoms with Crippen LogP contribution in [0.25, 0.3) is 21.8 Å². The van der Waals surface area contributed by atoms with E-state index in [2.05, 4.69) is 15.3 Å². The van der Waals surface area contributed by atoms with Crippen molar-refractivity contribution < 1.29 is 9.53 Å². The lowest BCUT2D eigenvalue weighted by Gasteiger charge is -2.26. The van der Waals surface area contributed by atoms with Crippen molar-refractivity contribution in [2.75, 3.05) is 39.4 Å². The fourth-order valence-electron chi connectivity index (χ4n) is 4.59. The van der Waals surface area contributed by atoms with Gasteiger partial charge in [0.1, 0.15) is 12.1 Å². The number of nitrogens with zero attached hydrogens (tertiary/aromatic N) is 4. The number of hydrogen-bond donors (Lipinski definition) is 1. The van der Waals surface area contributed by atoms with Crippen molar-refractivity contribution in [3.8, 4) is 0 Å². The Labute approximate surface area is 208 Å². The van der Waals surface area contributed by atoms with E-state index in [1.165, 1.54) is 4.68 Å². The summed E-state index contributed by atoms with van der Waals surface area (Å²) in [5.41, 5.74) is 2.23. The SMILES string of the molecule is O=C(Cn1ncc2c3ccccc3n(Cc3ccc(Cl)cc3)c2c1=O)NCCCN1CCOCC1. The van der Waals surface area contributed by atoms with Crippen LogP contribution in [0.15, 0.2) is 59.5 Å². The lowest BCUT2D eigenvalue weighted by molar-refractivity contribution is -0.121. The van der Waals surface area contributed by atoms with Crippen LogP contribution in [0.4, 0.5) is 0 Å². The van der Waals surface area contributed by atoms with Gasteiger partial charge in [-0.3, -0.25) is 14.5 Å². The molecule has 9 heteroatoms. The highest BCUT2D eigenvalue weighted by atomic mass is 35.5. The van der Waals surface area contributed by atoms with E-state index in [0.29, 0.717) is 23.6 Å². The average molecular weight is 494 g/mol. The number of hydrogen-bond acceptors (Lipinski definition) is 5. The number of carbonyl (C=O) groups excluding carboxylic acids is 1. The molecule has 0 bridgehead atoms. The van der Waals surface area contributed by atoms with Crippen molar-refractivity contribution in [2.24, 2.45) is 0 Å². The molecule has 2 aromatic carbocycles. The van der Waals surface area contributed by atoms with Gasteiger partial charge in [-0.1, -0.05) is 41.9 Å². The molecule has 0 aliphatic carbocycles. The van der Waals surface area contributed by atoms with Crippen molar-refractivity contribution in [3.05, 3.63) is 75.7 Å². The number of nitrogens with one attached hydrogen (secondary N) is 1. The number of halogens is 1. The maximum absolute atomic E-state index is 13.5. The third-order valence-electron chi connectivity index (χ3n) is 6.40. The molecule has 1 saturated heterocycles. The van der Waals surface area contributed by atoms with E-state index in [-0.39, 0.29) is 18.0 Å². The van der Waals surface area contributed by atoms with Gasteiger partial charge in [-0.15, -0.1) is 0 Å². The van der Waals surface area contributed by atoms with Crippen LogP contribution in [-0.4, -0.2) is 64.5 Å². The quantitative estimate of drug-likeness (QED) is 0.382. The van der Waals surface area contributed by atoms with Gasteiger partial charge in [0.15, 0.2) is 0 Å². The molecule has 0 radical (unpaired) electrons. The number of para-hydroxylation sites is 1. The summed E-state index contributed by atoms with van der Waals surface area (Å²) in [6, 6.07) is 15.5. The summed E-state index contributed by atoms with van der Waals surface area (Å²) in [4.78, 5) is 28.4. The molecule has 8 nitrogen and oxygen atoms in total. The second-order valence-electron chi connectivity index (χ2n) is 8.76. The molecule has 1 aliphatic rings. The van der Waals surface area contributed by atoms with Crippen molar-refractivity contribution in [1.29, 1.82) is 0 Å². The lowest BCUT2D eigenvalue weighted by Crippen LogP contribution is -2.39. The fourth-order valence-corrected chi connectivity index (χ4v) is 4.72. The Hall–Kier alpha value is -3.20. The van der Waals surface area contributed by atoms with E-state index in [1.807, 2.05) is 53.1 Å². The number of ether oxygens (including phenoxy) is 1. The van der Waals surface area contributed by atoms with Crippen LogP contribution in [0.2, 0.25) is 5.02 Å². The van der Waals surface area contributed by atoms with Crippen molar-refractivity contribution in [2.45, 2.75) is 19.5 Å². The molecule has 2 aromatic heterocycles. The Balaban J connectivity index is 1.35. The van der Waals surface area contributed by atoms with Gasteiger partial charge in [0, 0.05) is 47.5 Å².